The molecule has 0 atom stereocenters. The number of aromatic nitrogens is 2. The van der Waals surface area contributed by atoms with E-state index in [2.05, 4.69) is 14.9 Å². The topological polar surface area (TPSA) is 74.8 Å². The van der Waals surface area contributed by atoms with Gasteiger partial charge in [-0.05, 0) is 36.8 Å². The van der Waals surface area contributed by atoms with E-state index in [0.717, 1.165) is 16.5 Å². The Morgan fingerprint density at radius 2 is 2.00 bits per heavy atom. The van der Waals surface area contributed by atoms with Gasteiger partial charge in [-0.15, -0.1) is 0 Å². The fourth-order valence-corrected chi connectivity index (χ4v) is 3.71. The molecule has 0 spiro atoms. The van der Waals surface area contributed by atoms with Gasteiger partial charge in [-0.25, -0.2) is 8.42 Å². The van der Waals surface area contributed by atoms with Crippen molar-refractivity contribution in [1.29, 1.82) is 0 Å². The lowest BCUT2D eigenvalue weighted by molar-refractivity contribution is 0.601. The van der Waals surface area contributed by atoms with Gasteiger partial charge < -0.3 is 0 Å². The molecule has 0 aliphatic carbocycles. The quantitative estimate of drug-likeness (QED) is 0.777. The molecule has 0 radical (unpaired) electrons. The summed E-state index contributed by atoms with van der Waals surface area (Å²) in [5.41, 5.74) is 2.15. The van der Waals surface area contributed by atoms with Gasteiger partial charge in [0.1, 0.15) is 4.90 Å². The van der Waals surface area contributed by atoms with E-state index < -0.39 is 10.0 Å². The smallest absolute Gasteiger partial charge is 0.263 e. The average molecular weight is 322 g/mol. The molecule has 5 nitrogen and oxygen atoms in total. The third-order valence-corrected chi connectivity index (χ3v) is 5.02. The number of nitrogens with one attached hydrogen (secondary N) is 2. The molecule has 108 valence electrons. The number of hydrogen-bond acceptors (Lipinski definition) is 3. The number of sulfonamides is 1. The Bertz CT molecular complexity index is 919. The second-order valence-electron chi connectivity index (χ2n) is 4.66. The molecule has 0 saturated heterocycles. The Morgan fingerprint density at radius 1 is 1.24 bits per heavy atom. The summed E-state index contributed by atoms with van der Waals surface area (Å²) in [7, 11) is -3.73. The number of nitrogens with zero attached hydrogens (tertiary/aromatic N) is 1. The van der Waals surface area contributed by atoms with Crippen LogP contribution in [0.5, 0.6) is 0 Å². The third kappa shape index (κ3) is 2.59. The first-order valence-electron chi connectivity index (χ1n) is 6.18. The number of fused-ring (bicyclic) bond motifs is 1. The molecule has 0 aliphatic rings. The molecule has 0 unspecified atom stereocenters. The minimum absolute atomic E-state index is 0.0540. The summed E-state index contributed by atoms with van der Waals surface area (Å²) in [6.07, 6.45) is 1.64. The average Bonchev–Trinajstić information content (AvgIpc) is 2.86. The molecule has 0 saturated carbocycles. The first-order chi connectivity index (χ1) is 9.97. The van der Waals surface area contributed by atoms with Gasteiger partial charge in [-0.1, -0.05) is 23.7 Å². The number of benzene rings is 2. The Labute approximate surface area is 127 Å². The molecule has 3 aromatic rings. The predicted octanol–water partition coefficient (Wildman–Crippen LogP) is 3.33. The van der Waals surface area contributed by atoms with Crippen LogP contribution in [-0.2, 0) is 10.0 Å². The van der Waals surface area contributed by atoms with Gasteiger partial charge >= 0.3 is 0 Å². The van der Waals surface area contributed by atoms with Crippen molar-refractivity contribution in [2.45, 2.75) is 11.8 Å². The maximum Gasteiger partial charge on any atom is 0.263 e. The van der Waals surface area contributed by atoms with Crippen LogP contribution in [0.3, 0.4) is 0 Å². The third-order valence-electron chi connectivity index (χ3n) is 3.16. The van der Waals surface area contributed by atoms with Crippen LogP contribution in [0, 0.1) is 6.92 Å². The van der Waals surface area contributed by atoms with Crippen LogP contribution in [0.15, 0.2) is 47.5 Å². The van der Waals surface area contributed by atoms with Crippen molar-refractivity contribution in [3.63, 3.8) is 0 Å². The zero-order valence-corrected chi connectivity index (χ0v) is 12.7. The van der Waals surface area contributed by atoms with Crippen molar-refractivity contribution >= 4 is 38.2 Å². The van der Waals surface area contributed by atoms with E-state index in [1.165, 1.54) is 6.07 Å². The highest BCUT2D eigenvalue weighted by Gasteiger charge is 2.18. The van der Waals surface area contributed by atoms with E-state index in [4.69, 9.17) is 11.6 Å². The molecule has 3 rings (SSSR count). The molecule has 1 aromatic heterocycles. The second kappa shape index (κ2) is 5.05. The molecule has 7 heteroatoms. The Balaban J connectivity index is 2.05. The molecule has 2 N–H and O–H groups in total. The largest absolute Gasteiger partial charge is 0.279 e. The molecule has 2 aromatic carbocycles. The number of anilines is 1. The van der Waals surface area contributed by atoms with Crippen molar-refractivity contribution in [1.82, 2.24) is 10.2 Å². The van der Waals surface area contributed by atoms with Gasteiger partial charge in [0.05, 0.1) is 22.4 Å². The van der Waals surface area contributed by atoms with E-state index >= 15 is 0 Å². The van der Waals surface area contributed by atoms with E-state index in [1.54, 1.807) is 30.5 Å². The molecular weight excluding hydrogens is 310 g/mol. The summed E-state index contributed by atoms with van der Waals surface area (Å²) in [5, 5.41) is 7.79. The van der Waals surface area contributed by atoms with Gasteiger partial charge in [0.25, 0.3) is 10.0 Å². The summed E-state index contributed by atoms with van der Waals surface area (Å²) in [6, 6.07) is 9.91. The highest BCUT2D eigenvalue weighted by atomic mass is 35.5. The minimum atomic E-state index is -3.73. The normalized spacial score (nSPS) is 11.7. The van der Waals surface area contributed by atoms with Crippen LogP contribution in [0.1, 0.15) is 5.56 Å². The summed E-state index contributed by atoms with van der Waals surface area (Å²) in [4.78, 5) is 0.0540. The van der Waals surface area contributed by atoms with E-state index in [9.17, 15) is 8.42 Å². The number of H-pyrrole nitrogens is 1. The van der Waals surface area contributed by atoms with Crippen LogP contribution in [0.2, 0.25) is 5.02 Å². The minimum Gasteiger partial charge on any atom is -0.279 e. The van der Waals surface area contributed by atoms with Crippen LogP contribution < -0.4 is 4.72 Å². The summed E-state index contributed by atoms with van der Waals surface area (Å²) >= 11 is 5.96. The summed E-state index contributed by atoms with van der Waals surface area (Å²) in [5.74, 6) is 0. The van der Waals surface area contributed by atoms with Crippen molar-refractivity contribution in [3.05, 3.63) is 53.2 Å². The van der Waals surface area contributed by atoms with E-state index in [1.807, 2.05) is 13.0 Å². The van der Waals surface area contributed by atoms with E-state index in [-0.39, 0.29) is 9.92 Å². The molecular formula is C14H12ClN3O2S. The van der Waals surface area contributed by atoms with E-state index in [0.29, 0.717) is 5.69 Å². The van der Waals surface area contributed by atoms with Crippen LogP contribution >= 0.6 is 11.6 Å². The summed E-state index contributed by atoms with van der Waals surface area (Å²) in [6.45, 7) is 1.82. The van der Waals surface area contributed by atoms with Crippen molar-refractivity contribution in [3.8, 4) is 0 Å². The van der Waals surface area contributed by atoms with Crippen LogP contribution in [0.4, 0.5) is 5.69 Å². The lowest BCUT2D eigenvalue weighted by atomic mass is 10.1. The zero-order chi connectivity index (χ0) is 15.0. The van der Waals surface area contributed by atoms with Gasteiger partial charge in [-0.2, -0.15) is 5.10 Å². The van der Waals surface area contributed by atoms with Crippen molar-refractivity contribution in [2.75, 3.05) is 4.72 Å². The maximum absolute atomic E-state index is 12.4. The lowest BCUT2D eigenvalue weighted by Crippen LogP contribution is -2.14. The maximum atomic E-state index is 12.4. The summed E-state index contributed by atoms with van der Waals surface area (Å²) < 4.78 is 27.4. The molecule has 0 fully saturated rings. The first-order valence-corrected chi connectivity index (χ1v) is 8.04. The van der Waals surface area contributed by atoms with Crippen molar-refractivity contribution in [2.24, 2.45) is 0 Å². The molecule has 0 bridgehead atoms. The Kier molecular flexibility index (Phi) is 3.35. The van der Waals surface area contributed by atoms with Gasteiger partial charge in [0, 0.05) is 5.39 Å². The standard InChI is InChI=1S/C14H12ClN3O2S/c1-9-6-13-10(8-16-17-13)7-12(9)18-21(19,20)14-5-3-2-4-11(14)15/h2-8,18H,1H3,(H,16,17). The van der Waals surface area contributed by atoms with Gasteiger partial charge in [-0.3, -0.25) is 9.82 Å². The fourth-order valence-electron chi connectivity index (χ4n) is 2.07. The number of hydrogen-bond donors (Lipinski definition) is 2. The monoisotopic (exact) mass is 321 g/mol. The van der Waals surface area contributed by atoms with Crippen molar-refractivity contribution < 1.29 is 8.42 Å². The van der Waals surface area contributed by atoms with Crippen LogP contribution in [0.25, 0.3) is 10.9 Å². The SMILES string of the molecule is Cc1cc2[nH]ncc2cc1NS(=O)(=O)c1ccccc1Cl. The number of aryl methyl sites for hydroxylation is 1. The number of aromatic amines is 1. The number of rotatable bonds is 3. The molecule has 1 heterocycles. The predicted molar refractivity (Wildman–Crippen MR) is 83.1 cm³/mol. The molecule has 21 heavy (non-hydrogen) atoms. The van der Waals surface area contributed by atoms with Gasteiger partial charge in [0.15, 0.2) is 0 Å². The Morgan fingerprint density at radius 3 is 2.76 bits per heavy atom. The second-order valence-corrected chi connectivity index (χ2v) is 6.72. The lowest BCUT2D eigenvalue weighted by Gasteiger charge is -2.11. The molecule has 0 amide bonds. The molecule has 0 aliphatic heterocycles. The zero-order valence-electron chi connectivity index (χ0n) is 11.1. The number of halogens is 1. The Hall–Kier alpha value is -2.05. The van der Waals surface area contributed by atoms with Gasteiger partial charge in [0.2, 0.25) is 0 Å². The highest BCUT2D eigenvalue weighted by Crippen LogP contribution is 2.27. The highest BCUT2D eigenvalue weighted by molar-refractivity contribution is 7.92. The fraction of sp³-hybridized carbons (Fsp3) is 0.0714. The van der Waals surface area contributed by atoms with Crippen LogP contribution in [-0.4, -0.2) is 18.6 Å². The first kappa shape index (κ1) is 13.9.